The molecular formula is C20H23N5O3. The summed E-state index contributed by atoms with van der Waals surface area (Å²) >= 11 is 0. The summed E-state index contributed by atoms with van der Waals surface area (Å²) in [4.78, 5) is 48.8. The van der Waals surface area contributed by atoms with Gasteiger partial charge in [0.15, 0.2) is 5.65 Å². The van der Waals surface area contributed by atoms with Gasteiger partial charge < -0.3 is 5.32 Å². The van der Waals surface area contributed by atoms with E-state index < -0.39 is 17.2 Å². The molecule has 0 aliphatic heterocycles. The van der Waals surface area contributed by atoms with Crippen LogP contribution in [0.5, 0.6) is 0 Å². The molecule has 0 radical (unpaired) electrons. The number of pyridine rings is 2. The maximum absolute atomic E-state index is 13.0. The molecule has 0 bridgehead atoms. The van der Waals surface area contributed by atoms with Crippen molar-refractivity contribution in [1.29, 1.82) is 0 Å². The lowest BCUT2D eigenvalue weighted by Gasteiger charge is -2.16. The first-order valence-corrected chi connectivity index (χ1v) is 9.17. The summed E-state index contributed by atoms with van der Waals surface area (Å²) in [5.41, 5.74) is 0.389. The fraction of sp³-hybridized carbons (Fsp3) is 0.350. The van der Waals surface area contributed by atoms with Gasteiger partial charge in [-0.2, -0.15) is 0 Å². The molecule has 0 spiro atoms. The lowest BCUT2D eigenvalue weighted by molar-refractivity contribution is 0.102. The second-order valence-corrected chi connectivity index (χ2v) is 7.41. The second-order valence-electron chi connectivity index (χ2n) is 7.41. The number of nitrogens with zero attached hydrogens (tertiary/aromatic N) is 3. The van der Waals surface area contributed by atoms with Crippen molar-refractivity contribution in [3.8, 4) is 0 Å². The number of carbonyl (C=O) groups excluding carboxylic acids is 1. The highest BCUT2D eigenvalue weighted by molar-refractivity contribution is 6.11. The lowest BCUT2D eigenvalue weighted by Crippen LogP contribution is -2.33. The molecule has 28 heavy (non-hydrogen) atoms. The summed E-state index contributed by atoms with van der Waals surface area (Å²) in [7, 11) is 0. The number of fused-ring (bicyclic) bond motifs is 1. The van der Waals surface area contributed by atoms with E-state index in [9.17, 15) is 14.4 Å². The van der Waals surface area contributed by atoms with E-state index >= 15 is 0 Å². The van der Waals surface area contributed by atoms with Gasteiger partial charge in [0.25, 0.3) is 11.5 Å². The summed E-state index contributed by atoms with van der Waals surface area (Å²) < 4.78 is 1.42. The average Bonchev–Trinajstić information content (AvgIpc) is 2.64. The molecule has 0 aromatic carbocycles. The van der Waals surface area contributed by atoms with Crippen LogP contribution in [0.15, 0.2) is 40.2 Å². The molecule has 0 aliphatic carbocycles. The van der Waals surface area contributed by atoms with Crippen LogP contribution in [0.1, 0.15) is 49.7 Å². The molecule has 1 amide bonds. The Morgan fingerprint density at radius 3 is 2.61 bits per heavy atom. The third-order valence-corrected chi connectivity index (χ3v) is 4.27. The van der Waals surface area contributed by atoms with Crippen molar-refractivity contribution in [3.63, 3.8) is 0 Å². The van der Waals surface area contributed by atoms with Gasteiger partial charge in [0.05, 0.1) is 22.8 Å². The number of aromatic nitrogens is 4. The van der Waals surface area contributed by atoms with Crippen molar-refractivity contribution in [2.75, 3.05) is 5.32 Å². The topological polar surface area (TPSA) is 110 Å². The average molecular weight is 381 g/mol. The SMILES string of the molecule is CC(C)Cn1c(=O)[nH]c(=O)c2c(C(=O)Nc3cccnc3)cc(C(C)C)nc21. The number of carbonyl (C=O) groups is 1. The van der Waals surface area contributed by atoms with E-state index in [1.165, 1.54) is 10.8 Å². The minimum Gasteiger partial charge on any atom is -0.321 e. The van der Waals surface area contributed by atoms with Crippen LogP contribution in [0.25, 0.3) is 11.0 Å². The molecule has 8 nitrogen and oxygen atoms in total. The van der Waals surface area contributed by atoms with Crippen molar-refractivity contribution < 1.29 is 4.79 Å². The van der Waals surface area contributed by atoms with Crippen LogP contribution < -0.4 is 16.6 Å². The van der Waals surface area contributed by atoms with Gasteiger partial charge in [0, 0.05) is 18.4 Å². The van der Waals surface area contributed by atoms with E-state index in [1.54, 1.807) is 24.4 Å². The summed E-state index contributed by atoms with van der Waals surface area (Å²) in [6, 6.07) is 5.02. The van der Waals surface area contributed by atoms with Gasteiger partial charge in [-0.25, -0.2) is 9.78 Å². The monoisotopic (exact) mass is 381 g/mol. The maximum Gasteiger partial charge on any atom is 0.330 e. The van der Waals surface area contributed by atoms with Crippen molar-refractivity contribution in [2.24, 2.45) is 5.92 Å². The molecule has 3 rings (SSSR count). The van der Waals surface area contributed by atoms with Crippen LogP contribution in [0.2, 0.25) is 0 Å². The highest BCUT2D eigenvalue weighted by Crippen LogP contribution is 2.21. The van der Waals surface area contributed by atoms with Crippen LogP contribution >= 0.6 is 0 Å². The molecule has 3 aromatic rings. The number of amides is 1. The van der Waals surface area contributed by atoms with Crippen molar-refractivity contribution in [2.45, 2.75) is 40.2 Å². The van der Waals surface area contributed by atoms with E-state index in [-0.39, 0.29) is 28.4 Å². The van der Waals surface area contributed by atoms with E-state index in [0.717, 1.165) is 0 Å². The Kier molecular flexibility index (Phi) is 5.39. The Bertz CT molecular complexity index is 1130. The summed E-state index contributed by atoms with van der Waals surface area (Å²) in [6.07, 6.45) is 3.12. The fourth-order valence-electron chi connectivity index (χ4n) is 2.94. The number of aromatic amines is 1. The van der Waals surface area contributed by atoms with Gasteiger partial charge in [0.2, 0.25) is 0 Å². The van der Waals surface area contributed by atoms with Crippen molar-refractivity contribution >= 4 is 22.6 Å². The zero-order valence-corrected chi connectivity index (χ0v) is 16.3. The normalized spacial score (nSPS) is 11.4. The van der Waals surface area contributed by atoms with Crippen LogP contribution in [0.4, 0.5) is 5.69 Å². The highest BCUT2D eigenvalue weighted by Gasteiger charge is 2.21. The van der Waals surface area contributed by atoms with E-state index in [0.29, 0.717) is 17.9 Å². The molecule has 0 aliphatic rings. The van der Waals surface area contributed by atoms with Gasteiger partial charge in [-0.1, -0.05) is 27.7 Å². The van der Waals surface area contributed by atoms with Gasteiger partial charge in [-0.15, -0.1) is 0 Å². The van der Waals surface area contributed by atoms with Crippen LogP contribution in [-0.2, 0) is 6.54 Å². The summed E-state index contributed by atoms with van der Waals surface area (Å²) in [6.45, 7) is 8.19. The fourth-order valence-corrected chi connectivity index (χ4v) is 2.94. The molecule has 3 heterocycles. The van der Waals surface area contributed by atoms with E-state index in [4.69, 9.17) is 0 Å². The molecule has 0 saturated carbocycles. The van der Waals surface area contributed by atoms with Crippen LogP contribution in [0.3, 0.4) is 0 Å². The van der Waals surface area contributed by atoms with Gasteiger partial charge >= 0.3 is 5.69 Å². The number of H-pyrrole nitrogens is 1. The smallest absolute Gasteiger partial charge is 0.321 e. The predicted molar refractivity (Wildman–Crippen MR) is 108 cm³/mol. The third-order valence-electron chi connectivity index (χ3n) is 4.27. The molecule has 8 heteroatoms. The molecule has 2 N–H and O–H groups in total. The standard InChI is InChI=1S/C20H23N5O3/c1-11(2)10-25-17-16(19(27)24-20(25)28)14(8-15(23-17)12(3)4)18(26)22-13-6-5-7-21-9-13/h5-9,11-12H,10H2,1-4H3,(H,22,26)(H,24,27,28). The van der Waals surface area contributed by atoms with Crippen molar-refractivity contribution in [3.05, 3.63) is 62.7 Å². The van der Waals surface area contributed by atoms with Crippen LogP contribution in [0, 0.1) is 5.92 Å². The minimum absolute atomic E-state index is 0.0104. The zero-order chi connectivity index (χ0) is 20.4. The van der Waals surface area contributed by atoms with E-state index in [1.807, 2.05) is 27.7 Å². The molecule has 0 fully saturated rings. The molecule has 3 aromatic heterocycles. The number of rotatable bonds is 5. The molecular weight excluding hydrogens is 358 g/mol. The zero-order valence-electron chi connectivity index (χ0n) is 16.3. The van der Waals surface area contributed by atoms with Crippen LogP contribution in [-0.4, -0.2) is 25.4 Å². The summed E-state index contributed by atoms with van der Waals surface area (Å²) in [5, 5.41) is 2.85. The molecule has 0 atom stereocenters. The Labute approximate surface area is 161 Å². The number of nitrogens with one attached hydrogen (secondary N) is 2. The molecule has 0 saturated heterocycles. The molecule has 0 unspecified atom stereocenters. The van der Waals surface area contributed by atoms with E-state index in [2.05, 4.69) is 20.3 Å². The van der Waals surface area contributed by atoms with Gasteiger partial charge in [-0.3, -0.25) is 24.1 Å². The van der Waals surface area contributed by atoms with Gasteiger partial charge in [0.1, 0.15) is 0 Å². The first-order valence-electron chi connectivity index (χ1n) is 9.17. The molecule has 146 valence electrons. The maximum atomic E-state index is 13.0. The quantitative estimate of drug-likeness (QED) is 0.706. The Hall–Kier alpha value is -3.29. The number of anilines is 1. The highest BCUT2D eigenvalue weighted by atomic mass is 16.2. The lowest BCUT2D eigenvalue weighted by atomic mass is 10.0. The minimum atomic E-state index is -0.626. The third kappa shape index (κ3) is 3.85. The first kappa shape index (κ1) is 19.5. The first-order chi connectivity index (χ1) is 13.3. The largest absolute Gasteiger partial charge is 0.330 e. The summed E-state index contributed by atoms with van der Waals surface area (Å²) in [5.74, 6) is -0.289. The Morgan fingerprint density at radius 2 is 2.00 bits per heavy atom. The second kappa shape index (κ2) is 7.75. The number of hydrogen-bond donors (Lipinski definition) is 2. The Balaban J connectivity index is 2.27. The van der Waals surface area contributed by atoms with Crippen molar-refractivity contribution in [1.82, 2.24) is 19.5 Å². The van der Waals surface area contributed by atoms with Gasteiger partial charge in [-0.05, 0) is 30.0 Å². The predicted octanol–water partition coefficient (Wildman–Crippen LogP) is 2.51. The number of hydrogen-bond acceptors (Lipinski definition) is 5. The Morgan fingerprint density at radius 1 is 1.25 bits per heavy atom.